The predicted octanol–water partition coefficient (Wildman–Crippen LogP) is 8.93. The SMILES string of the molecule is COc1cc2c(OC)cc1Cc1cc(OC)c(cc1OC)Cc1cc(OC)c(cc1OC)Cc1c(N)c(O)c(c3nc(-c4ccc(C=O)cc4)oc13)Cc1cc(OC)c(cc1OC)C2. The molecule has 0 spiro atoms. The minimum absolute atomic E-state index is 0.112. The third-order valence-corrected chi connectivity index (χ3v) is 12.0. The zero-order valence-electron chi connectivity index (χ0n) is 37.1. The normalized spacial score (nSPS) is 12.2. The maximum Gasteiger partial charge on any atom is 0.227 e. The summed E-state index contributed by atoms with van der Waals surface area (Å²) in [5, 5.41) is 12.1. The van der Waals surface area contributed by atoms with Gasteiger partial charge in [-0.25, -0.2) is 4.98 Å². The van der Waals surface area contributed by atoms with Gasteiger partial charge in [0.15, 0.2) is 5.58 Å². The van der Waals surface area contributed by atoms with E-state index in [1.807, 2.05) is 48.5 Å². The molecule has 0 saturated heterocycles. The number of aromatic nitrogens is 1. The quantitative estimate of drug-likeness (QED) is 0.0762. The van der Waals surface area contributed by atoms with Crippen LogP contribution >= 0.6 is 0 Å². The Morgan fingerprint density at radius 1 is 0.500 bits per heavy atom. The molecule has 330 valence electrons. The van der Waals surface area contributed by atoms with Crippen molar-refractivity contribution in [2.75, 3.05) is 62.6 Å². The Labute approximate surface area is 371 Å². The minimum atomic E-state index is -0.154. The molecule has 16 rings (SSSR count). The molecule has 9 aliphatic rings. The van der Waals surface area contributed by atoms with E-state index >= 15 is 0 Å². The van der Waals surface area contributed by atoms with Crippen LogP contribution in [0.4, 0.5) is 5.69 Å². The predicted molar refractivity (Wildman–Crippen MR) is 243 cm³/mol. The highest BCUT2D eigenvalue weighted by atomic mass is 16.5. The highest BCUT2D eigenvalue weighted by Gasteiger charge is 2.27. The molecule has 0 saturated carbocycles. The second kappa shape index (κ2) is 18.1. The lowest BCUT2D eigenvalue weighted by molar-refractivity contribution is 0.112. The van der Waals surface area contributed by atoms with E-state index in [9.17, 15) is 9.90 Å². The van der Waals surface area contributed by atoms with E-state index in [1.165, 1.54) is 0 Å². The second-order valence-electron chi connectivity index (χ2n) is 15.4. The number of nitrogens with two attached hydrogens (primary N) is 1. The summed E-state index contributed by atoms with van der Waals surface area (Å²) < 4.78 is 54.7. The molecule has 13 heteroatoms. The number of hydrogen-bond acceptors (Lipinski definition) is 13. The molecule has 0 amide bonds. The average Bonchev–Trinajstić information content (AvgIpc) is 3.77. The molecule has 13 nitrogen and oxygen atoms in total. The Hall–Kier alpha value is -7.54. The Bertz CT molecular complexity index is 2730. The number of phenols is 1. The van der Waals surface area contributed by atoms with E-state index < -0.39 is 0 Å². The maximum absolute atomic E-state index is 12.1. The number of carbonyl (C=O) groups is 1. The molecular formula is C51H50N2O11. The summed E-state index contributed by atoms with van der Waals surface area (Å²) in [6, 6.07) is 22.5. The van der Waals surface area contributed by atoms with Crippen LogP contribution in [0.15, 0.2) is 77.2 Å². The molecule has 1 aromatic heterocycles. The third kappa shape index (κ3) is 7.89. The van der Waals surface area contributed by atoms with Crippen molar-refractivity contribution in [3.63, 3.8) is 0 Å². The summed E-state index contributed by atoms with van der Waals surface area (Å²) in [5.41, 5.74) is 16.4. The number of phenolic OH excluding ortho intramolecular Hbond substituents is 1. The summed E-state index contributed by atoms with van der Waals surface area (Å²) in [5.74, 6) is 5.06. The van der Waals surface area contributed by atoms with Crippen molar-refractivity contribution in [1.82, 2.24) is 4.98 Å². The minimum Gasteiger partial charge on any atom is -0.505 e. The van der Waals surface area contributed by atoms with Crippen LogP contribution in [0.2, 0.25) is 0 Å². The molecule has 6 aromatic carbocycles. The zero-order chi connectivity index (χ0) is 45.2. The van der Waals surface area contributed by atoms with E-state index in [2.05, 4.69) is 0 Å². The number of carbonyl (C=O) groups excluding carboxylic acids is 1. The van der Waals surface area contributed by atoms with Crippen LogP contribution in [0.25, 0.3) is 22.6 Å². The molecule has 10 bridgehead atoms. The molecule has 64 heavy (non-hydrogen) atoms. The highest BCUT2D eigenvalue weighted by molar-refractivity contribution is 5.92. The number of rotatable bonds is 10. The first-order valence-corrected chi connectivity index (χ1v) is 20.5. The molecule has 3 N–H and O–H groups in total. The van der Waals surface area contributed by atoms with Gasteiger partial charge in [-0.1, -0.05) is 12.1 Å². The van der Waals surface area contributed by atoms with Gasteiger partial charge in [0.25, 0.3) is 0 Å². The third-order valence-electron chi connectivity index (χ3n) is 12.0. The molecule has 0 atom stereocenters. The van der Waals surface area contributed by atoms with Crippen LogP contribution in [0.3, 0.4) is 0 Å². The molecular weight excluding hydrogens is 817 g/mol. The summed E-state index contributed by atoms with van der Waals surface area (Å²) in [7, 11) is 13.0. The average molecular weight is 867 g/mol. The summed E-state index contributed by atoms with van der Waals surface area (Å²) in [6.45, 7) is 0. The number of aldehydes is 1. The van der Waals surface area contributed by atoms with Crippen molar-refractivity contribution in [2.24, 2.45) is 0 Å². The van der Waals surface area contributed by atoms with Gasteiger partial charge in [0.1, 0.15) is 63.5 Å². The number of benzene rings is 6. The lowest BCUT2D eigenvalue weighted by atomic mass is 9.93. The van der Waals surface area contributed by atoms with Gasteiger partial charge in [0.05, 0.1) is 62.6 Å². The number of oxazole rings is 1. The van der Waals surface area contributed by atoms with Crippen molar-refractivity contribution in [3.05, 3.63) is 134 Å². The topological polar surface area (TPSA) is 163 Å². The van der Waals surface area contributed by atoms with Crippen LogP contribution in [0.5, 0.6) is 51.7 Å². The van der Waals surface area contributed by atoms with Gasteiger partial charge in [-0.15, -0.1) is 0 Å². The standard InChI is InChI=1S/C51H50N2O11/c1-56-39-20-31-14-33-22-45(62-7)35(24-43(33)60-5)16-37-47(52)49(55)38(48-50(37)64-51(53-48)28-11-9-27(26-54)10-12-28)17-36-25-44(61-6)34(23-46(36)63-8)15-32-21-40(57-2)30(19-42(32)59-4)13-29(39)18-41(31)58-3/h9-12,18-26,55H,13-17,52H2,1-8H3. The Morgan fingerprint density at radius 2 is 0.812 bits per heavy atom. The number of ether oxygens (including phenoxy) is 8. The molecule has 1 heterocycles. The van der Waals surface area contributed by atoms with Gasteiger partial charge in [0, 0.05) is 98.9 Å². The molecule has 0 unspecified atom stereocenters. The number of aromatic hydroxyl groups is 1. The van der Waals surface area contributed by atoms with E-state index in [0.29, 0.717) is 104 Å². The van der Waals surface area contributed by atoms with Crippen molar-refractivity contribution in [1.29, 1.82) is 0 Å². The molecule has 0 aliphatic heterocycles. The fourth-order valence-electron chi connectivity index (χ4n) is 8.64. The second-order valence-corrected chi connectivity index (χ2v) is 15.4. The number of methoxy groups -OCH3 is 8. The van der Waals surface area contributed by atoms with Gasteiger partial charge in [-0.3, -0.25) is 4.79 Å². The Balaban J connectivity index is 1.40. The first-order chi connectivity index (χ1) is 31.1. The van der Waals surface area contributed by atoms with E-state index in [4.69, 9.17) is 53.0 Å². The highest BCUT2D eigenvalue weighted by Crippen LogP contribution is 2.45. The summed E-state index contributed by atoms with van der Waals surface area (Å²) in [6.07, 6.45) is 2.37. The maximum atomic E-state index is 12.1. The van der Waals surface area contributed by atoms with Crippen LogP contribution in [-0.4, -0.2) is 73.3 Å². The summed E-state index contributed by atoms with van der Waals surface area (Å²) >= 11 is 0. The van der Waals surface area contributed by atoms with E-state index in [1.54, 1.807) is 81.1 Å². The fraction of sp³-hybridized carbons (Fsp3) is 0.255. The molecule has 9 aliphatic carbocycles. The van der Waals surface area contributed by atoms with Crippen molar-refractivity contribution in [2.45, 2.75) is 32.1 Å². The largest absolute Gasteiger partial charge is 0.505 e. The first kappa shape index (κ1) is 43.1. The van der Waals surface area contributed by atoms with Gasteiger partial charge in [-0.2, -0.15) is 0 Å². The van der Waals surface area contributed by atoms with Crippen molar-refractivity contribution in [3.8, 4) is 63.2 Å². The number of nitrogens with zero attached hydrogens (tertiary/aromatic N) is 1. The molecule has 0 radical (unpaired) electrons. The van der Waals surface area contributed by atoms with Crippen LogP contribution in [0, 0.1) is 0 Å². The van der Waals surface area contributed by atoms with Gasteiger partial charge in [-0.05, 0) is 60.7 Å². The van der Waals surface area contributed by atoms with Crippen molar-refractivity contribution < 1.29 is 52.2 Å². The van der Waals surface area contributed by atoms with Crippen LogP contribution < -0.4 is 43.6 Å². The van der Waals surface area contributed by atoms with Crippen molar-refractivity contribution >= 4 is 23.1 Å². The van der Waals surface area contributed by atoms with Crippen LogP contribution in [-0.2, 0) is 32.1 Å². The van der Waals surface area contributed by atoms with Crippen LogP contribution in [0.1, 0.15) is 66.0 Å². The number of hydrogen-bond donors (Lipinski definition) is 2. The van der Waals surface area contributed by atoms with E-state index in [0.717, 1.165) is 45.2 Å². The zero-order valence-corrected chi connectivity index (χ0v) is 37.1. The van der Waals surface area contributed by atoms with Gasteiger partial charge in [0.2, 0.25) is 5.89 Å². The Morgan fingerprint density at radius 3 is 1.12 bits per heavy atom. The number of nitrogen functional groups attached to an aromatic ring is 1. The lowest BCUT2D eigenvalue weighted by Crippen LogP contribution is -2.05. The van der Waals surface area contributed by atoms with Gasteiger partial charge < -0.3 is 53.2 Å². The fourth-order valence-corrected chi connectivity index (χ4v) is 8.64. The van der Waals surface area contributed by atoms with E-state index in [-0.39, 0.29) is 30.2 Å². The lowest BCUT2D eigenvalue weighted by Gasteiger charge is -2.20. The first-order valence-electron chi connectivity index (χ1n) is 20.5. The molecule has 7 aromatic rings. The monoisotopic (exact) mass is 866 g/mol. The molecule has 0 fully saturated rings. The Kier molecular flexibility index (Phi) is 12.2. The smallest absolute Gasteiger partial charge is 0.227 e. The van der Waals surface area contributed by atoms with Gasteiger partial charge >= 0.3 is 0 Å². The number of anilines is 1. The summed E-state index contributed by atoms with van der Waals surface area (Å²) in [4.78, 5) is 16.5.